The van der Waals surface area contributed by atoms with Gasteiger partial charge >= 0.3 is 6.18 Å². The average Bonchev–Trinajstić information content (AvgIpc) is 3.10. The minimum Gasteiger partial charge on any atom is -0.381 e. The molecule has 0 aliphatic carbocycles. The molecular weight excluding hydrogens is 343 g/mol. The van der Waals surface area contributed by atoms with E-state index in [4.69, 9.17) is 4.74 Å². The molecule has 0 amide bonds. The molecule has 0 spiro atoms. The van der Waals surface area contributed by atoms with Crippen LogP contribution in [-0.4, -0.2) is 50.8 Å². The monoisotopic (exact) mass is 367 g/mol. The summed E-state index contributed by atoms with van der Waals surface area (Å²) in [5.74, 6) is 6.78. The van der Waals surface area contributed by atoms with Crippen LogP contribution >= 0.6 is 0 Å². The summed E-state index contributed by atoms with van der Waals surface area (Å²) in [6.07, 6.45) is -3.32. The van der Waals surface area contributed by atoms with Gasteiger partial charge in [0.05, 0.1) is 12.2 Å². The highest BCUT2D eigenvalue weighted by molar-refractivity contribution is 5.79. The van der Waals surface area contributed by atoms with E-state index in [-0.39, 0.29) is 6.54 Å². The first-order chi connectivity index (χ1) is 12.4. The van der Waals surface area contributed by atoms with Crippen molar-refractivity contribution >= 4 is 5.96 Å². The lowest BCUT2D eigenvalue weighted by atomic mass is 10.1. The first-order valence-corrected chi connectivity index (χ1v) is 8.63. The fourth-order valence-corrected chi connectivity index (χ4v) is 2.70. The summed E-state index contributed by atoms with van der Waals surface area (Å²) in [5.41, 5.74) is -0.365. The Hall–Kier alpha value is -2.20. The minimum absolute atomic E-state index is 0.212. The van der Waals surface area contributed by atoms with Crippen molar-refractivity contribution in [2.45, 2.75) is 19.5 Å². The molecule has 2 rings (SSSR count). The Morgan fingerprint density at radius 1 is 1.42 bits per heavy atom. The van der Waals surface area contributed by atoms with E-state index in [0.717, 1.165) is 50.8 Å². The first-order valence-electron chi connectivity index (χ1n) is 8.63. The van der Waals surface area contributed by atoms with Gasteiger partial charge in [-0.1, -0.05) is 17.9 Å². The Morgan fingerprint density at radius 2 is 2.23 bits per heavy atom. The molecule has 0 aromatic heterocycles. The van der Waals surface area contributed by atoms with Crippen LogP contribution in [0.4, 0.5) is 13.2 Å². The second kappa shape index (κ2) is 9.48. The lowest BCUT2D eigenvalue weighted by Gasteiger charge is -2.24. The number of hydrogen-bond acceptors (Lipinski definition) is 2. The van der Waals surface area contributed by atoms with E-state index in [1.54, 1.807) is 6.07 Å². The predicted octanol–water partition coefficient (Wildman–Crippen LogP) is 2.99. The average molecular weight is 367 g/mol. The fraction of sp³-hybridized carbons (Fsp3) is 0.526. The van der Waals surface area contributed by atoms with Gasteiger partial charge in [-0.2, -0.15) is 13.2 Å². The molecular formula is C19H24F3N3O. The Kier molecular flexibility index (Phi) is 7.34. The highest BCUT2D eigenvalue weighted by Crippen LogP contribution is 2.29. The van der Waals surface area contributed by atoms with E-state index in [2.05, 4.69) is 22.2 Å². The Morgan fingerprint density at radius 3 is 2.88 bits per heavy atom. The maximum atomic E-state index is 12.7. The van der Waals surface area contributed by atoms with Crippen molar-refractivity contribution < 1.29 is 17.9 Å². The number of nitrogens with one attached hydrogen (secondary N) is 1. The minimum atomic E-state index is -4.36. The number of aliphatic imine (C=N–C) groups is 1. The largest absolute Gasteiger partial charge is 0.416 e. The fourth-order valence-electron chi connectivity index (χ4n) is 2.70. The number of benzene rings is 1. The number of nitrogens with zero attached hydrogens (tertiary/aromatic N) is 2. The van der Waals surface area contributed by atoms with Gasteiger partial charge in [-0.15, -0.1) is 0 Å². The van der Waals surface area contributed by atoms with Crippen molar-refractivity contribution in [3.05, 3.63) is 35.4 Å². The maximum absolute atomic E-state index is 12.7. The normalized spacial score (nSPS) is 17.6. The molecule has 0 bridgehead atoms. The summed E-state index contributed by atoms with van der Waals surface area (Å²) < 4.78 is 43.5. The zero-order chi connectivity index (χ0) is 19.0. The summed E-state index contributed by atoms with van der Waals surface area (Å²) in [6.45, 7) is 5.33. The van der Waals surface area contributed by atoms with Crippen LogP contribution in [0.3, 0.4) is 0 Å². The van der Waals surface area contributed by atoms with Gasteiger partial charge in [0.15, 0.2) is 5.96 Å². The second-order valence-electron chi connectivity index (χ2n) is 6.16. The molecule has 1 aliphatic heterocycles. The lowest BCUT2D eigenvalue weighted by Crippen LogP contribution is -2.41. The molecule has 142 valence electrons. The first kappa shape index (κ1) is 20.1. The molecule has 1 fully saturated rings. The summed E-state index contributed by atoms with van der Waals surface area (Å²) in [7, 11) is 1.96. The number of alkyl halides is 3. The van der Waals surface area contributed by atoms with Gasteiger partial charge in [0, 0.05) is 38.2 Å². The Bertz CT molecular complexity index is 671. The van der Waals surface area contributed by atoms with Gasteiger partial charge in [0.2, 0.25) is 0 Å². The SMILES string of the molecule is CCNC(=NCC#Cc1cccc(C(F)(F)F)c1)N(C)CC1CCOC1. The molecule has 1 aromatic rings. The van der Waals surface area contributed by atoms with Crippen molar-refractivity contribution in [3.63, 3.8) is 0 Å². The van der Waals surface area contributed by atoms with Crippen molar-refractivity contribution in [1.82, 2.24) is 10.2 Å². The molecule has 26 heavy (non-hydrogen) atoms. The Balaban J connectivity index is 1.98. The van der Waals surface area contributed by atoms with E-state index in [0.29, 0.717) is 11.5 Å². The highest BCUT2D eigenvalue weighted by Gasteiger charge is 2.30. The van der Waals surface area contributed by atoms with Crippen LogP contribution in [-0.2, 0) is 10.9 Å². The van der Waals surface area contributed by atoms with Crippen LogP contribution in [0.1, 0.15) is 24.5 Å². The third-order valence-electron chi connectivity index (χ3n) is 3.98. The van der Waals surface area contributed by atoms with Gasteiger partial charge in [-0.25, -0.2) is 4.99 Å². The molecule has 1 aromatic carbocycles. The molecule has 0 saturated carbocycles. The van der Waals surface area contributed by atoms with Gasteiger partial charge in [0.25, 0.3) is 0 Å². The predicted molar refractivity (Wildman–Crippen MR) is 95.9 cm³/mol. The number of hydrogen-bond donors (Lipinski definition) is 1. The zero-order valence-corrected chi connectivity index (χ0v) is 15.1. The maximum Gasteiger partial charge on any atom is 0.416 e. The van der Waals surface area contributed by atoms with E-state index in [1.807, 2.05) is 18.9 Å². The standard InChI is InChI=1S/C19H24F3N3O/c1-3-23-18(25(2)13-16-9-11-26-14-16)24-10-5-7-15-6-4-8-17(12-15)19(20,21)22/h4,6,8,12,16H,3,9-11,13-14H2,1-2H3,(H,23,24). The van der Waals surface area contributed by atoms with Crippen LogP contribution in [0.25, 0.3) is 0 Å². The third kappa shape index (κ3) is 6.26. The van der Waals surface area contributed by atoms with E-state index >= 15 is 0 Å². The van der Waals surface area contributed by atoms with Crippen LogP contribution in [0.5, 0.6) is 0 Å². The van der Waals surface area contributed by atoms with Gasteiger partial charge in [0.1, 0.15) is 6.54 Å². The molecule has 1 unspecified atom stereocenters. The molecule has 7 heteroatoms. The molecule has 0 radical (unpaired) electrons. The molecule has 1 aliphatic rings. The highest BCUT2D eigenvalue weighted by atomic mass is 19.4. The summed E-state index contributed by atoms with van der Waals surface area (Å²) in [6, 6.07) is 5.00. The molecule has 1 heterocycles. The van der Waals surface area contributed by atoms with Gasteiger partial charge in [-0.3, -0.25) is 0 Å². The van der Waals surface area contributed by atoms with Gasteiger partial charge in [-0.05, 0) is 31.5 Å². The van der Waals surface area contributed by atoms with Crippen molar-refractivity contribution in [3.8, 4) is 11.8 Å². The number of ether oxygens (including phenoxy) is 1. The number of halogens is 3. The van der Waals surface area contributed by atoms with Crippen molar-refractivity contribution in [1.29, 1.82) is 0 Å². The smallest absolute Gasteiger partial charge is 0.381 e. The number of guanidine groups is 1. The van der Waals surface area contributed by atoms with Crippen molar-refractivity contribution in [2.75, 3.05) is 39.9 Å². The van der Waals surface area contributed by atoms with Gasteiger partial charge < -0.3 is 15.0 Å². The number of rotatable bonds is 4. The summed E-state index contributed by atoms with van der Waals surface area (Å²) in [4.78, 5) is 6.47. The van der Waals surface area contributed by atoms with Crippen LogP contribution < -0.4 is 5.32 Å². The van der Waals surface area contributed by atoms with Crippen molar-refractivity contribution in [2.24, 2.45) is 10.9 Å². The Labute approximate surface area is 152 Å². The second-order valence-corrected chi connectivity index (χ2v) is 6.16. The van der Waals surface area contributed by atoms with E-state index in [1.165, 1.54) is 6.07 Å². The molecule has 1 N–H and O–H groups in total. The van der Waals surface area contributed by atoms with Crippen LogP contribution in [0, 0.1) is 17.8 Å². The van der Waals surface area contributed by atoms with E-state index in [9.17, 15) is 13.2 Å². The zero-order valence-electron chi connectivity index (χ0n) is 15.1. The quantitative estimate of drug-likeness (QED) is 0.505. The van der Waals surface area contributed by atoms with Crippen LogP contribution in [0.2, 0.25) is 0 Å². The van der Waals surface area contributed by atoms with Crippen LogP contribution in [0.15, 0.2) is 29.3 Å². The summed E-state index contributed by atoms with van der Waals surface area (Å²) in [5, 5.41) is 3.20. The molecule has 1 atom stereocenters. The molecule has 1 saturated heterocycles. The topological polar surface area (TPSA) is 36.9 Å². The summed E-state index contributed by atoms with van der Waals surface area (Å²) >= 11 is 0. The van der Waals surface area contributed by atoms with E-state index < -0.39 is 11.7 Å². The molecule has 4 nitrogen and oxygen atoms in total. The lowest BCUT2D eigenvalue weighted by molar-refractivity contribution is -0.137. The third-order valence-corrected chi connectivity index (χ3v) is 3.98.